The van der Waals surface area contributed by atoms with Crippen molar-refractivity contribution in [2.24, 2.45) is 5.73 Å². The van der Waals surface area contributed by atoms with Crippen LogP contribution in [0.1, 0.15) is 213 Å². The first-order valence-electron chi connectivity index (χ1n) is 24.3. The van der Waals surface area contributed by atoms with E-state index in [2.05, 4.69) is 74.6 Å². The van der Waals surface area contributed by atoms with Gasteiger partial charge >= 0.3 is 19.8 Å². The third kappa shape index (κ3) is 45.2. The zero-order valence-electron chi connectivity index (χ0n) is 38.4. The number of rotatable bonds is 45. The van der Waals surface area contributed by atoms with Gasteiger partial charge in [-0.2, -0.15) is 0 Å². The molecule has 0 fully saturated rings. The number of phosphoric ester groups is 1. The van der Waals surface area contributed by atoms with Crippen molar-refractivity contribution in [3.63, 3.8) is 0 Å². The molecule has 0 rings (SSSR count). The maximum Gasteiger partial charge on any atom is 0.472 e. The van der Waals surface area contributed by atoms with E-state index < -0.39 is 32.5 Å². The van der Waals surface area contributed by atoms with Crippen molar-refractivity contribution in [1.82, 2.24) is 0 Å². The molecule has 2 atom stereocenters. The van der Waals surface area contributed by atoms with Crippen molar-refractivity contribution in [2.45, 2.75) is 219 Å². The second-order valence-corrected chi connectivity index (χ2v) is 17.4. The number of hydrogen-bond acceptors (Lipinski definition) is 8. The number of allylic oxidation sites excluding steroid dienone is 10. The molecule has 10 heteroatoms. The lowest BCUT2D eigenvalue weighted by Crippen LogP contribution is -2.29. The average molecular weight is 864 g/mol. The summed E-state index contributed by atoms with van der Waals surface area (Å²) < 4.78 is 32.9. The number of carbonyl (C=O) groups excluding carboxylic acids is 2. The second kappa shape index (κ2) is 46.2. The smallest absolute Gasteiger partial charge is 0.462 e. The SMILES string of the molecule is CCCCCC/C=C\C/C=C\CCCCCCCC(=O)OCC(COP(=O)(O)OCCN)OC(=O)CCCCCCCCCC/C=C\C/C=C\C/C=C\CCCCCCC. The van der Waals surface area contributed by atoms with Crippen LogP contribution >= 0.6 is 7.82 Å². The molecule has 0 spiro atoms. The van der Waals surface area contributed by atoms with E-state index in [9.17, 15) is 19.0 Å². The molecule has 0 bridgehead atoms. The number of hydrogen-bond donors (Lipinski definition) is 2. The summed E-state index contributed by atoms with van der Waals surface area (Å²) in [5.41, 5.74) is 5.36. The van der Waals surface area contributed by atoms with Gasteiger partial charge in [-0.15, -0.1) is 0 Å². The zero-order chi connectivity index (χ0) is 43.9. The third-order valence-electron chi connectivity index (χ3n) is 10.1. The van der Waals surface area contributed by atoms with Crippen molar-refractivity contribution < 1.29 is 37.6 Å². The van der Waals surface area contributed by atoms with Crippen LogP contribution in [0.4, 0.5) is 0 Å². The molecule has 0 heterocycles. The van der Waals surface area contributed by atoms with E-state index >= 15 is 0 Å². The molecule has 0 aromatic heterocycles. The highest BCUT2D eigenvalue weighted by Gasteiger charge is 2.26. The number of esters is 2. The quantitative estimate of drug-likeness (QED) is 0.0265. The Balaban J connectivity index is 4.12. The van der Waals surface area contributed by atoms with Crippen LogP contribution in [-0.2, 0) is 32.7 Å². The van der Waals surface area contributed by atoms with Crippen LogP contribution in [0.5, 0.6) is 0 Å². The van der Waals surface area contributed by atoms with Gasteiger partial charge in [-0.1, -0.05) is 177 Å². The van der Waals surface area contributed by atoms with E-state index in [1.165, 1.54) is 96.3 Å². The fourth-order valence-corrected chi connectivity index (χ4v) is 7.26. The van der Waals surface area contributed by atoms with E-state index in [0.717, 1.165) is 77.0 Å². The predicted octanol–water partition coefficient (Wildman–Crippen LogP) is 14.4. The Hall–Kier alpha value is -2.29. The lowest BCUT2D eigenvalue weighted by molar-refractivity contribution is -0.161. The number of unbranched alkanes of at least 4 members (excludes halogenated alkanes) is 22. The average Bonchev–Trinajstić information content (AvgIpc) is 3.24. The van der Waals surface area contributed by atoms with Crippen LogP contribution in [0.3, 0.4) is 0 Å². The van der Waals surface area contributed by atoms with Crippen LogP contribution < -0.4 is 5.73 Å². The molecule has 0 aliphatic heterocycles. The molecule has 60 heavy (non-hydrogen) atoms. The maximum atomic E-state index is 12.6. The molecular weight excluding hydrogens is 774 g/mol. The van der Waals surface area contributed by atoms with E-state index in [4.69, 9.17) is 24.3 Å². The summed E-state index contributed by atoms with van der Waals surface area (Å²) in [4.78, 5) is 35.0. The highest BCUT2D eigenvalue weighted by atomic mass is 31.2. The molecule has 9 nitrogen and oxygen atoms in total. The van der Waals surface area contributed by atoms with Gasteiger partial charge in [-0.3, -0.25) is 18.6 Å². The molecule has 0 aromatic carbocycles. The highest BCUT2D eigenvalue weighted by Crippen LogP contribution is 2.43. The van der Waals surface area contributed by atoms with Crippen LogP contribution in [0.15, 0.2) is 60.8 Å². The van der Waals surface area contributed by atoms with Crippen molar-refractivity contribution in [3.05, 3.63) is 60.8 Å². The molecule has 348 valence electrons. The Morgan fingerprint density at radius 2 is 0.867 bits per heavy atom. The first-order valence-corrected chi connectivity index (χ1v) is 25.8. The van der Waals surface area contributed by atoms with Crippen molar-refractivity contribution >= 4 is 19.8 Å². The number of carbonyl (C=O) groups is 2. The highest BCUT2D eigenvalue weighted by molar-refractivity contribution is 7.47. The minimum Gasteiger partial charge on any atom is -0.462 e. The summed E-state index contributed by atoms with van der Waals surface area (Å²) in [5.74, 6) is -0.853. The van der Waals surface area contributed by atoms with Crippen molar-refractivity contribution in [1.29, 1.82) is 0 Å². The number of phosphoric acid groups is 1. The molecule has 0 radical (unpaired) electrons. The van der Waals surface area contributed by atoms with Gasteiger partial charge in [0.1, 0.15) is 6.61 Å². The Labute approximate surface area is 368 Å². The van der Waals surface area contributed by atoms with E-state index in [0.29, 0.717) is 12.8 Å². The number of nitrogens with two attached hydrogens (primary N) is 1. The molecule has 0 saturated carbocycles. The van der Waals surface area contributed by atoms with Gasteiger partial charge in [-0.25, -0.2) is 4.57 Å². The van der Waals surface area contributed by atoms with E-state index in [1.54, 1.807) is 0 Å². The molecule has 3 N–H and O–H groups in total. The van der Waals surface area contributed by atoms with Gasteiger partial charge in [-0.05, 0) is 83.5 Å². The summed E-state index contributed by atoms with van der Waals surface area (Å²) in [6.07, 6.45) is 55.3. The van der Waals surface area contributed by atoms with Gasteiger partial charge in [0.05, 0.1) is 13.2 Å². The molecular formula is C50H90NO8P. The van der Waals surface area contributed by atoms with Gasteiger partial charge in [0.25, 0.3) is 0 Å². The first kappa shape index (κ1) is 57.7. The van der Waals surface area contributed by atoms with Crippen LogP contribution in [-0.4, -0.2) is 49.3 Å². The number of ether oxygens (including phenoxy) is 2. The predicted molar refractivity (Wildman–Crippen MR) is 252 cm³/mol. The van der Waals surface area contributed by atoms with Crippen molar-refractivity contribution in [2.75, 3.05) is 26.4 Å². The minimum absolute atomic E-state index is 0.0477. The van der Waals surface area contributed by atoms with Gasteiger partial charge in [0.2, 0.25) is 0 Å². The fourth-order valence-electron chi connectivity index (χ4n) is 6.49. The van der Waals surface area contributed by atoms with Crippen LogP contribution in [0.25, 0.3) is 0 Å². The molecule has 2 unspecified atom stereocenters. The Morgan fingerprint density at radius 1 is 0.500 bits per heavy atom. The van der Waals surface area contributed by atoms with Crippen molar-refractivity contribution in [3.8, 4) is 0 Å². The lowest BCUT2D eigenvalue weighted by Gasteiger charge is -2.19. The third-order valence-corrected chi connectivity index (χ3v) is 11.1. The monoisotopic (exact) mass is 864 g/mol. The second-order valence-electron chi connectivity index (χ2n) is 16.0. The van der Waals surface area contributed by atoms with Gasteiger partial charge in [0.15, 0.2) is 6.10 Å². The normalized spacial score (nSPS) is 13.7. The lowest BCUT2D eigenvalue weighted by atomic mass is 10.1. The standard InChI is InChI=1S/C50H90NO8P/c1-3-5-7-9-11-13-15-17-19-21-22-23-24-25-26-27-29-31-33-35-37-39-41-43-50(53)59-48(47-58-60(54,55)57-45-44-51)46-56-49(52)42-40-38-36-34-32-30-28-20-18-16-14-12-10-8-6-4-2/h14-17,20-22,24-25,28,48H,3-13,18-19,23,26-27,29-47,51H2,1-2H3,(H,54,55)/b16-14-,17-15-,22-21-,25-24-,28-20-. The molecule has 0 aromatic rings. The molecule has 0 aliphatic carbocycles. The van der Waals surface area contributed by atoms with E-state index in [-0.39, 0.29) is 32.6 Å². The summed E-state index contributed by atoms with van der Waals surface area (Å²) in [6, 6.07) is 0. The summed E-state index contributed by atoms with van der Waals surface area (Å²) in [6.45, 7) is 3.69. The van der Waals surface area contributed by atoms with Gasteiger partial charge < -0.3 is 20.1 Å². The Bertz CT molecular complexity index is 1170. The summed E-state index contributed by atoms with van der Waals surface area (Å²) in [5, 5.41) is 0. The topological polar surface area (TPSA) is 134 Å². The largest absolute Gasteiger partial charge is 0.472 e. The summed E-state index contributed by atoms with van der Waals surface area (Å²) >= 11 is 0. The molecule has 0 saturated heterocycles. The first-order chi connectivity index (χ1) is 29.3. The Morgan fingerprint density at radius 3 is 1.30 bits per heavy atom. The maximum absolute atomic E-state index is 12.6. The molecule has 0 aliphatic rings. The Kier molecular flexibility index (Phi) is 44.5. The molecule has 0 amide bonds. The zero-order valence-corrected chi connectivity index (χ0v) is 39.3. The fraction of sp³-hybridized carbons (Fsp3) is 0.760. The van der Waals surface area contributed by atoms with Crippen LogP contribution in [0.2, 0.25) is 0 Å². The van der Waals surface area contributed by atoms with Crippen LogP contribution in [0, 0.1) is 0 Å². The van der Waals surface area contributed by atoms with Gasteiger partial charge in [0, 0.05) is 19.4 Å². The van der Waals surface area contributed by atoms with E-state index in [1.807, 2.05) is 0 Å². The minimum atomic E-state index is -4.39. The summed E-state index contributed by atoms with van der Waals surface area (Å²) in [7, 11) is -4.39.